The Bertz CT molecular complexity index is 530. The minimum absolute atomic E-state index is 0.104. The molecule has 2 rings (SSSR count). The summed E-state index contributed by atoms with van der Waals surface area (Å²) in [5, 5.41) is 0. The lowest BCUT2D eigenvalue weighted by atomic mass is 9.82. The van der Waals surface area contributed by atoms with Gasteiger partial charge in [0.15, 0.2) is 0 Å². The van der Waals surface area contributed by atoms with E-state index in [1.165, 1.54) is 11.1 Å². The molecule has 0 spiro atoms. The van der Waals surface area contributed by atoms with Crippen molar-refractivity contribution in [3.8, 4) is 0 Å². The predicted molar refractivity (Wildman–Crippen MR) is 85.2 cm³/mol. The smallest absolute Gasteiger partial charge is 0.410 e. The van der Waals surface area contributed by atoms with E-state index >= 15 is 0 Å². The Morgan fingerprint density at radius 3 is 2.67 bits per heavy atom. The highest BCUT2D eigenvalue weighted by Crippen LogP contribution is 2.36. The molecule has 1 aromatic carbocycles. The number of nitrogens with zero attached hydrogens (tertiary/aromatic N) is 1. The van der Waals surface area contributed by atoms with Gasteiger partial charge in [0.1, 0.15) is 5.60 Å². The fraction of sp³-hybridized carbons (Fsp3) is 0.500. The van der Waals surface area contributed by atoms with Crippen molar-refractivity contribution in [1.29, 1.82) is 0 Å². The Morgan fingerprint density at radius 2 is 2.10 bits per heavy atom. The third-order valence-electron chi connectivity index (χ3n) is 3.87. The van der Waals surface area contributed by atoms with Crippen LogP contribution in [-0.4, -0.2) is 22.6 Å². The number of ether oxygens (including phenoxy) is 1. The van der Waals surface area contributed by atoms with Gasteiger partial charge in [-0.1, -0.05) is 37.3 Å². The summed E-state index contributed by atoms with van der Waals surface area (Å²) < 4.78 is 5.57. The van der Waals surface area contributed by atoms with Crippen LogP contribution in [-0.2, 0) is 11.3 Å². The summed E-state index contributed by atoms with van der Waals surface area (Å²) in [5.41, 5.74) is 1.98. The van der Waals surface area contributed by atoms with E-state index in [0.717, 1.165) is 6.42 Å². The van der Waals surface area contributed by atoms with Crippen LogP contribution in [0.4, 0.5) is 4.79 Å². The van der Waals surface area contributed by atoms with Gasteiger partial charge >= 0.3 is 6.09 Å². The van der Waals surface area contributed by atoms with Crippen LogP contribution in [0.2, 0.25) is 0 Å². The molecule has 1 aliphatic heterocycles. The first kappa shape index (κ1) is 15.6. The second-order valence-corrected chi connectivity index (χ2v) is 6.54. The number of rotatable bonds is 2. The third-order valence-corrected chi connectivity index (χ3v) is 3.87. The van der Waals surface area contributed by atoms with E-state index in [2.05, 4.69) is 25.6 Å². The van der Waals surface area contributed by atoms with Crippen LogP contribution in [0.5, 0.6) is 0 Å². The van der Waals surface area contributed by atoms with Crippen molar-refractivity contribution < 1.29 is 9.53 Å². The van der Waals surface area contributed by atoms with Crippen LogP contribution in [0.25, 0.3) is 0 Å². The van der Waals surface area contributed by atoms with Gasteiger partial charge in [-0.15, -0.1) is 6.58 Å². The van der Waals surface area contributed by atoms with Crippen LogP contribution in [0, 0.1) is 0 Å². The first-order valence-electron chi connectivity index (χ1n) is 7.57. The third kappa shape index (κ3) is 3.29. The molecule has 3 nitrogen and oxygen atoms in total. The van der Waals surface area contributed by atoms with Crippen molar-refractivity contribution in [2.75, 3.05) is 0 Å². The Morgan fingerprint density at radius 1 is 1.43 bits per heavy atom. The summed E-state index contributed by atoms with van der Waals surface area (Å²) in [6.07, 6.45) is 2.59. The van der Waals surface area contributed by atoms with Crippen molar-refractivity contribution in [1.82, 2.24) is 4.90 Å². The number of hydrogen-bond acceptors (Lipinski definition) is 2. The second-order valence-electron chi connectivity index (χ2n) is 6.54. The molecule has 1 aromatic rings. The van der Waals surface area contributed by atoms with Crippen molar-refractivity contribution in [3.63, 3.8) is 0 Å². The summed E-state index contributed by atoms with van der Waals surface area (Å²) in [5.74, 6) is 0.160. The molecule has 0 saturated heterocycles. The second kappa shape index (κ2) is 5.92. The van der Waals surface area contributed by atoms with Crippen LogP contribution in [0.15, 0.2) is 36.9 Å². The molecular formula is C18H25NO2. The number of benzene rings is 1. The van der Waals surface area contributed by atoms with Crippen LogP contribution < -0.4 is 0 Å². The maximum Gasteiger partial charge on any atom is 0.410 e. The number of hydrogen-bond donors (Lipinski definition) is 0. The molecule has 0 aromatic heterocycles. The van der Waals surface area contributed by atoms with Crippen molar-refractivity contribution in [3.05, 3.63) is 48.0 Å². The van der Waals surface area contributed by atoms with Crippen molar-refractivity contribution in [2.24, 2.45) is 0 Å². The summed E-state index contributed by atoms with van der Waals surface area (Å²) in [4.78, 5) is 14.4. The molecule has 0 unspecified atom stereocenters. The molecule has 1 aliphatic rings. The Balaban J connectivity index is 2.35. The Labute approximate surface area is 127 Å². The number of amides is 1. The molecular weight excluding hydrogens is 262 g/mol. The van der Waals surface area contributed by atoms with Crippen LogP contribution in [0.1, 0.15) is 51.2 Å². The highest BCUT2D eigenvalue weighted by molar-refractivity contribution is 5.69. The van der Waals surface area contributed by atoms with E-state index in [1.54, 1.807) is 0 Å². The van der Waals surface area contributed by atoms with Crippen molar-refractivity contribution >= 4 is 6.09 Å². The van der Waals surface area contributed by atoms with Gasteiger partial charge in [0.2, 0.25) is 0 Å². The zero-order chi connectivity index (χ0) is 15.6. The van der Waals surface area contributed by atoms with Gasteiger partial charge in [-0.05, 0) is 38.3 Å². The molecule has 0 N–H and O–H groups in total. The lowest BCUT2D eigenvalue weighted by molar-refractivity contribution is 0.00962. The molecule has 3 heteroatoms. The zero-order valence-corrected chi connectivity index (χ0v) is 13.4. The lowest BCUT2D eigenvalue weighted by Crippen LogP contribution is -2.47. The maximum absolute atomic E-state index is 12.5. The number of carbonyl (C=O) groups is 1. The fourth-order valence-electron chi connectivity index (χ4n) is 2.98. The van der Waals surface area contributed by atoms with Gasteiger partial charge < -0.3 is 4.74 Å². The standard InChI is InChI=1S/C18H25NO2/c1-6-14-15-11-9-8-10-13(15)12-19(16(14)7-2)17(20)21-18(3,4)5/h6,8-11,14,16H,1,7,12H2,2-5H3/t14-,16-/m0/s1. The summed E-state index contributed by atoms with van der Waals surface area (Å²) >= 11 is 0. The van der Waals surface area contributed by atoms with E-state index in [4.69, 9.17) is 4.74 Å². The average molecular weight is 287 g/mol. The minimum Gasteiger partial charge on any atom is -0.444 e. The predicted octanol–water partition coefficient (Wildman–Crippen LogP) is 4.49. The molecule has 0 aliphatic carbocycles. The molecule has 1 heterocycles. The van der Waals surface area contributed by atoms with Crippen molar-refractivity contribution in [2.45, 2.75) is 58.2 Å². The SMILES string of the molecule is C=C[C@H]1c2ccccc2CN(C(=O)OC(C)(C)C)[C@H]1CC. The molecule has 0 fully saturated rings. The van der Waals surface area contributed by atoms with E-state index in [0.29, 0.717) is 6.54 Å². The minimum atomic E-state index is -0.476. The first-order valence-corrected chi connectivity index (χ1v) is 7.57. The highest BCUT2D eigenvalue weighted by atomic mass is 16.6. The Hall–Kier alpha value is -1.77. The summed E-state index contributed by atoms with van der Waals surface area (Å²) in [7, 11) is 0. The monoisotopic (exact) mass is 287 g/mol. The topological polar surface area (TPSA) is 29.5 Å². The van der Waals surface area contributed by atoms with Crippen LogP contribution in [0.3, 0.4) is 0 Å². The lowest BCUT2D eigenvalue weighted by Gasteiger charge is -2.41. The van der Waals surface area contributed by atoms with Gasteiger partial charge in [-0.2, -0.15) is 0 Å². The molecule has 21 heavy (non-hydrogen) atoms. The molecule has 114 valence electrons. The van der Waals surface area contributed by atoms with Gasteiger partial charge in [-0.25, -0.2) is 4.79 Å². The van der Waals surface area contributed by atoms with E-state index < -0.39 is 5.60 Å². The molecule has 0 bridgehead atoms. The van der Waals surface area contributed by atoms with Crippen LogP contribution >= 0.6 is 0 Å². The zero-order valence-electron chi connectivity index (χ0n) is 13.4. The van der Waals surface area contributed by atoms with E-state index in [-0.39, 0.29) is 18.1 Å². The summed E-state index contributed by atoms with van der Waals surface area (Å²) in [6, 6.07) is 8.38. The van der Waals surface area contributed by atoms with E-state index in [9.17, 15) is 4.79 Å². The molecule has 2 atom stereocenters. The highest BCUT2D eigenvalue weighted by Gasteiger charge is 2.36. The van der Waals surface area contributed by atoms with Gasteiger partial charge in [0.25, 0.3) is 0 Å². The van der Waals surface area contributed by atoms with Gasteiger partial charge in [0.05, 0.1) is 0 Å². The van der Waals surface area contributed by atoms with Gasteiger partial charge in [0, 0.05) is 18.5 Å². The molecule has 0 saturated carbocycles. The van der Waals surface area contributed by atoms with E-state index in [1.807, 2.05) is 43.9 Å². The number of carbonyl (C=O) groups excluding carboxylic acids is 1. The molecule has 1 amide bonds. The first-order chi connectivity index (χ1) is 9.87. The maximum atomic E-state index is 12.5. The quantitative estimate of drug-likeness (QED) is 0.750. The average Bonchev–Trinajstić information content (AvgIpc) is 2.43. The largest absolute Gasteiger partial charge is 0.444 e. The normalized spacial score (nSPS) is 21.6. The van der Waals surface area contributed by atoms with Gasteiger partial charge in [-0.3, -0.25) is 4.90 Å². The number of fused-ring (bicyclic) bond motifs is 1. The fourth-order valence-corrected chi connectivity index (χ4v) is 2.98. The summed E-state index contributed by atoms with van der Waals surface area (Å²) in [6.45, 7) is 12.4. The molecule has 0 radical (unpaired) electrons. The Kier molecular flexibility index (Phi) is 4.40.